The summed E-state index contributed by atoms with van der Waals surface area (Å²) in [5.74, 6) is 0.755. The number of hydrogen-bond acceptors (Lipinski definition) is 1. The maximum absolute atomic E-state index is 2.36. The van der Waals surface area contributed by atoms with Crippen LogP contribution in [0.3, 0.4) is 0 Å². The summed E-state index contributed by atoms with van der Waals surface area (Å²) < 4.78 is 0. The van der Waals surface area contributed by atoms with Gasteiger partial charge in [0, 0.05) is 13.1 Å². The fourth-order valence-electron chi connectivity index (χ4n) is 1.35. The topological polar surface area (TPSA) is 3.24 Å². The normalized spacial score (nSPS) is 16.0. The van der Waals surface area contributed by atoms with Crippen LogP contribution in [0.25, 0.3) is 0 Å². The van der Waals surface area contributed by atoms with E-state index >= 15 is 0 Å². The van der Waals surface area contributed by atoms with Gasteiger partial charge in [-0.1, -0.05) is 25.5 Å². The van der Waals surface area contributed by atoms with Crippen LogP contribution in [-0.2, 0) is 0 Å². The monoisotopic (exact) mass is 231 g/mol. The third-order valence-corrected chi connectivity index (χ3v) is 1.73. The van der Waals surface area contributed by atoms with Crippen molar-refractivity contribution in [2.45, 2.75) is 20.8 Å². The largest absolute Gasteiger partial charge is 0.373 e. The Labute approximate surface area is 85.9 Å². The van der Waals surface area contributed by atoms with Crippen molar-refractivity contribution in [1.29, 1.82) is 0 Å². The van der Waals surface area contributed by atoms with Crippen LogP contribution >= 0.6 is 17.0 Å². The van der Waals surface area contributed by atoms with Crippen LogP contribution in [0.2, 0.25) is 0 Å². The Morgan fingerprint density at radius 2 is 2.17 bits per heavy atom. The molecule has 1 heterocycles. The predicted molar refractivity (Wildman–Crippen MR) is 59.6 cm³/mol. The standard InChI is InChI=1S/C10H17N.BrH/c1-9(2)7-11-6-4-5-10(3)8-11;/h4-6,9H,7-8H2,1-3H3;1H. The third kappa shape index (κ3) is 3.96. The lowest BCUT2D eigenvalue weighted by Gasteiger charge is -2.24. The maximum atomic E-state index is 2.36. The summed E-state index contributed by atoms with van der Waals surface area (Å²) >= 11 is 0. The van der Waals surface area contributed by atoms with Gasteiger partial charge in [0.05, 0.1) is 0 Å². The number of allylic oxidation sites excluding steroid dienone is 2. The highest BCUT2D eigenvalue weighted by Gasteiger charge is 2.04. The van der Waals surface area contributed by atoms with Gasteiger partial charge in [0.15, 0.2) is 0 Å². The van der Waals surface area contributed by atoms with Crippen molar-refractivity contribution in [2.75, 3.05) is 13.1 Å². The van der Waals surface area contributed by atoms with Gasteiger partial charge in [0.25, 0.3) is 0 Å². The van der Waals surface area contributed by atoms with E-state index in [-0.39, 0.29) is 17.0 Å². The van der Waals surface area contributed by atoms with E-state index in [1.165, 1.54) is 12.1 Å². The molecule has 1 nitrogen and oxygen atoms in total. The molecule has 0 saturated heterocycles. The summed E-state index contributed by atoms with van der Waals surface area (Å²) in [5, 5.41) is 0. The molecule has 1 aliphatic rings. The van der Waals surface area contributed by atoms with Crippen LogP contribution < -0.4 is 0 Å². The van der Waals surface area contributed by atoms with Gasteiger partial charge in [0.2, 0.25) is 0 Å². The van der Waals surface area contributed by atoms with Gasteiger partial charge in [-0.15, -0.1) is 17.0 Å². The Kier molecular flexibility index (Phi) is 5.31. The zero-order chi connectivity index (χ0) is 8.27. The summed E-state index contributed by atoms with van der Waals surface area (Å²) in [6, 6.07) is 0. The minimum Gasteiger partial charge on any atom is -0.373 e. The molecule has 0 aromatic heterocycles. The summed E-state index contributed by atoms with van der Waals surface area (Å²) in [6.07, 6.45) is 6.48. The smallest absolute Gasteiger partial charge is 0.0383 e. The van der Waals surface area contributed by atoms with E-state index in [0.29, 0.717) is 0 Å². The minimum absolute atomic E-state index is 0. The van der Waals surface area contributed by atoms with E-state index in [4.69, 9.17) is 0 Å². The molecule has 0 atom stereocenters. The molecule has 0 radical (unpaired) electrons. The fraction of sp³-hybridized carbons (Fsp3) is 0.600. The van der Waals surface area contributed by atoms with Gasteiger partial charge in [0.1, 0.15) is 0 Å². The van der Waals surface area contributed by atoms with Crippen LogP contribution in [0.4, 0.5) is 0 Å². The molecule has 0 bridgehead atoms. The number of hydrogen-bond donors (Lipinski definition) is 0. The molecule has 0 aromatic carbocycles. The number of rotatable bonds is 2. The van der Waals surface area contributed by atoms with Crippen molar-refractivity contribution in [1.82, 2.24) is 4.90 Å². The molecule has 70 valence electrons. The lowest BCUT2D eigenvalue weighted by molar-refractivity contribution is 0.350. The minimum atomic E-state index is 0. The van der Waals surface area contributed by atoms with Crippen molar-refractivity contribution in [3.05, 3.63) is 23.9 Å². The Hall–Kier alpha value is -0.240. The molecule has 0 amide bonds. The van der Waals surface area contributed by atoms with E-state index in [1.807, 2.05) is 0 Å². The first-order chi connectivity index (χ1) is 5.18. The SMILES string of the molecule is Br.CC1=CC=CN(CC(C)C)C1. The Bertz CT molecular complexity index is 182. The fourth-order valence-corrected chi connectivity index (χ4v) is 1.35. The molecule has 0 saturated carbocycles. The summed E-state index contributed by atoms with van der Waals surface area (Å²) in [5.41, 5.74) is 1.45. The Morgan fingerprint density at radius 3 is 2.67 bits per heavy atom. The van der Waals surface area contributed by atoms with E-state index < -0.39 is 0 Å². The average molecular weight is 232 g/mol. The molecule has 0 fully saturated rings. The molecule has 1 aliphatic heterocycles. The molecule has 2 heteroatoms. The molecule has 12 heavy (non-hydrogen) atoms. The van der Waals surface area contributed by atoms with Crippen molar-refractivity contribution in [3.8, 4) is 0 Å². The first kappa shape index (κ1) is 11.8. The molecular weight excluding hydrogens is 214 g/mol. The average Bonchev–Trinajstić information content (AvgIpc) is 1.85. The molecule has 1 rings (SSSR count). The van der Waals surface area contributed by atoms with Crippen molar-refractivity contribution in [3.63, 3.8) is 0 Å². The molecule has 0 aliphatic carbocycles. The molecule has 0 spiro atoms. The lowest BCUT2D eigenvalue weighted by Crippen LogP contribution is -2.25. The highest BCUT2D eigenvalue weighted by Crippen LogP contribution is 2.08. The first-order valence-electron chi connectivity index (χ1n) is 4.26. The van der Waals surface area contributed by atoms with Gasteiger partial charge in [-0.3, -0.25) is 0 Å². The zero-order valence-corrected chi connectivity index (χ0v) is 9.79. The molecular formula is C10H18BrN. The third-order valence-electron chi connectivity index (χ3n) is 1.73. The van der Waals surface area contributed by atoms with Crippen LogP contribution in [-0.4, -0.2) is 18.0 Å². The summed E-state index contributed by atoms with van der Waals surface area (Å²) in [7, 11) is 0. The Balaban J connectivity index is 0.00000121. The quantitative estimate of drug-likeness (QED) is 0.707. The molecule has 0 N–H and O–H groups in total. The molecule has 0 unspecified atom stereocenters. The predicted octanol–water partition coefficient (Wildman–Crippen LogP) is 3.00. The van der Waals surface area contributed by atoms with Gasteiger partial charge in [-0.25, -0.2) is 0 Å². The van der Waals surface area contributed by atoms with E-state index in [1.54, 1.807) is 0 Å². The van der Waals surface area contributed by atoms with Crippen molar-refractivity contribution < 1.29 is 0 Å². The second-order valence-corrected chi connectivity index (χ2v) is 3.68. The number of halogens is 1. The van der Waals surface area contributed by atoms with Crippen molar-refractivity contribution >= 4 is 17.0 Å². The zero-order valence-electron chi connectivity index (χ0n) is 8.08. The second-order valence-electron chi connectivity index (χ2n) is 3.68. The van der Waals surface area contributed by atoms with E-state index in [0.717, 1.165) is 12.5 Å². The lowest BCUT2D eigenvalue weighted by atomic mass is 10.1. The van der Waals surface area contributed by atoms with Gasteiger partial charge in [-0.05, 0) is 25.1 Å². The second kappa shape index (κ2) is 5.41. The summed E-state index contributed by atoms with van der Waals surface area (Å²) in [4.78, 5) is 2.36. The maximum Gasteiger partial charge on any atom is 0.0383 e. The van der Waals surface area contributed by atoms with Gasteiger partial charge in [-0.2, -0.15) is 0 Å². The van der Waals surface area contributed by atoms with E-state index in [9.17, 15) is 0 Å². The van der Waals surface area contributed by atoms with Crippen LogP contribution in [0, 0.1) is 5.92 Å². The first-order valence-corrected chi connectivity index (χ1v) is 4.26. The van der Waals surface area contributed by atoms with Crippen LogP contribution in [0.1, 0.15) is 20.8 Å². The van der Waals surface area contributed by atoms with Crippen LogP contribution in [0.5, 0.6) is 0 Å². The van der Waals surface area contributed by atoms with Gasteiger partial charge < -0.3 is 4.90 Å². The molecule has 0 aromatic rings. The van der Waals surface area contributed by atoms with E-state index in [2.05, 4.69) is 44.0 Å². The summed E-state index contributed by atoms with van der Waals surface area (Å²) in [6.45, 7) is 8.95. The van der Waals surface area contributed by atoms with Crippen LogP contribution in [0.15, 0.2) is 23.9 Å². The van der Waals surface area contributed by atoms with Crippen molar-refractivity contribution in [2.24, 2.45) is 5.92 Å². The number of nitrogens with zero attached hydrogens (tertiary/aromatic N) is 1. The van der Waals surface area contributed by atoms with Gasteiger partial charge >= 0.3 is 0 Å². The highest BCUT2D eigenvalue weighted by atomic mass is 79.9. The Morgan fingerprint density at radius 1 is 1.50 bits per heavy atom. The highest BCUT2D eigenvalue weighted by molar-refractivity contribution is 8.93.